The molecule has 4 heterocycles. The van der Waals surface area contributed by atoms with Gasteiger partial charge >= 0.3 is 11.7 Å². The summed E-state index contributed by atoms with van der Waals surface area (Å²) in [6.45, 7) is 1.30. The van der Waals surface area contributed by atoms with Crippen molar-refractivity contribution >= 4 is 22.8 Å². The van der Waals surface area contributed by atoms with Crippen molar-refractivity contribution in [3.8, 4) is 5.69 Å². The van der Waals surface area contributed by atoms with Crippen molar-refractivity contribution < 1.29 is 14.3 Å². The van der Waals surface area contributed by atoms with Crippen LogP contribution >= 0.6 is 0 Å². The first-order valence-corrected chi connectivity index (χ1v) is 12.2. The fourth-order valence-electron chi connectivity index (χ4n) is 5.96. The Morgan fingerprint density at radius 3 is 2.44 bits per heavy atom. The molecule has 2 aromatic carbocycles. The summed E-state index contributed by atoms with van der Waals surface area (Å²) in [6.07, 6.45) is 3.67. The Kier molecular flexibility index (Phi) is 4.27. The third-order valence-electron chi connectivity index (χ3n) is 8.09. The second kappa shape index (κ2) is 7.24. The Labute approximate surface area is 206 Å². The summed E-state index contributed by atoms with van der Waals surface area (Å²) in [5.74, 6) is -0.610. The Morgan fingerprint density at radius 1 is 1.00 bits per heavy atom. The summed E-state index contributed by atoms with van der Waals surface area (Å²) >= 11 is 0. The molecule has 0 amide bonds. The normalized spacial score (nSPS) is 21.6. The molecule has 8 nitrogen and oxygen atoms in total. The number of esters is 1. The Morgan fingerprint density at radius 2 is 1.75 bits per heavy atom. The van der Waals surface area contributed by atoms with Crippen LogP contribution in [-0.2, 0) is 22.8 Å². The van der Waals surface area contributed by atoms with Gasteiger partial charge in [0.15, 0.2) is 11.4 Å². The number of carbonyl (C=O) groups is 2. The van der Waals surface area contributed by atoms with Gasteiger partial charge in [-0.15, -0.1) is 0 Å². The van der Waals surface area contributed by atoms with E-state index in [0.717, 1.165) is 34.4 Å². The molecule has 0 radical (unpaired) electrons. The molecule has 1 aliphatic carbocycles. The number of aryl methyl sites for hydroxylation is 1. The quantitative estimate of drug-likeness (QED) is 0.357. The van der Waals surface area contributed by atoms with Crippen LogP contribution in [0.4, 0.5) is 0 Å². The van der Waals surface area contributed by atoms with Crippen molar-refractivity contribution in [2.75, 3.05) is 13.1 Å². The smallest absolute Gasteiger partial charge is 0.341 e. The second-order valence-corrected chi connectivity index (χ2v) is 10.0. The van der Waals surface area contributed by atoms with Gasteiger partial charge in [0.05, 0.1) is 27.7 Å². The number of rotatable bonds is 4. The van der Waals surface area contributed by atoms with Gasteiger partial charge in [0.1, 0.15) is 5.69 Å². The van der Waals surface area contributed by atoms with E-state index in [4.69, 9.17) is 4.74 Å². The first kappa shape index (κ1) is 21.3. The fourth-order valence-corrected chi connectivity index (χ4v) is 5.96. The average Bonchev–Trinajstić information content (AvgIpc) is 3.41. The lowest BCUT2D eigenvalue weighted by Gasteiger charge is -2.21. The number of hydrogen-bond acceptors (Lipinski definition) is 6. The molecule has 1 atom stereocenters. The highest BCUT2D eigenvalue weighted by atomic mass is 16.6. The minimum absolute atomic E-state index is 0.126. The van der Waals surface area contributed by atoms with Crippen molar-refractivity contribution in [1.29, 1.82) is 0 Å². The highest BCUT2D eigenvalue weighted by Crippen LogP contribution is 2.52. The molecule has 180 valence electrons. The summed E-state index contributed by atoms with van der Waals surface area (Å²) < 4.78 is 9.10. The molecule has 1 unspecified atom stereocenters. The second-order valence-electron chi connectivity index (χ2n) is 10.0. The van der Waals surface area contributed by atoms with E-state index in [9.17, 15) is 14.4 Å². The molecule has 2 fully saturated rings. The molecule has 8 heteroatoms. The van der Waals surface area contributed by atoms with Crippen LogP contribution in [0.2, 0.25) is 0 Å². The SMILES string of the molecule is Cn1c(=O)n(-c2ccc(C3(C(=O)c4nccc5c4C(=O)OC54CCNC4)CC3)cc2)c2ccccc21. The fraction of sp³-hybridized carbons (Fsp3) is 0.286. The number of imidazole rings is 1. The molecule has 4 aromatic rings. The van der Waals surface area contributed by atoms with Gasteiger partial charge in [-0.1, -0.05) is 24.3 Å². The molecule has 3 aliphatic rings. The molecule has 36 heavy (non-hydrogen) atoms. The van der Waals surface area contributed by atoms with Gasteiger partial charge in [-0.2, -0.15) is 0 Å². The number of fused-ring (bicyclic) bond motifs is 3. The van der Waals surface area contributed by atoms with Crippen LogP contribution in [0.25, 0.3) is 16.7 Å². The predicted octanol–water partition coefficient (Wildman–Crippen LogP) is 3.00. The summed E-state index contributed by atoms with van der Waals surface area (Å²) in [6, 6.07) is 17.1. The van der Waals surface area contributed by atoms with Crippen molar-refractivity contribution in [3.05, 3.63) is 93.7 Å². The van der Waals surface area contributed by atoms with Gasteiger partial charge in [0.25, 0.3) is 0 Å². The van der Waals surface area contributed by atoms with E-state index in [2.05, 4.69) is 10.3 Å². The van der Waals surface area contributed by atoms with Crippen LogP contribution < -0.4 is 11.0 Å². The van der Waals surface area contributed by atoms with Crippen LogP contribution in [0.1, 0.15) is 51.2 Å². The first-order valence-electron chi connectivity index (χ1n) is 12.2. The molecule has 2 aliphatic heterocycles. The number of benzene rings is 2. The molecule has 1 saturated carbocycles. The first-order chi connectivity index (χ1) is 17.5. The number of pyridine rings is 1. The lowest BCUT2D eigenvalue weighted by molar-refractivity contribution is 0.00158. The average molecular weight is 481 g/mol. The third-order valence-corrected chi connectivity index (χ3v) is 8.09. The summed E-state index contributed by atoms with van der Waals surface area (Å²) in [5, 5.41) is 3.26. The van der Waals surface area contributed by atoms with Gasteiger partial charge in [0, 0.05) is 31.8 Å². The summed E-state index contributed by atoms with van der Waals surface area (Å²) in [4.78, 5) is 44.1. The van der Waals surface area contributed by atoms with Gasteiger partial charge in [-0.25, -0.2) is 9.59 Å². The maximum Gasteiger partial charge on any atom is 0.341 e. The van der Waals surface area contributed by atoms with Crippen LogP contribution in [0.3, 0.4) is 0 Å². The molecule has 0 bridgehead atoms. The van der Waals surface area contributed by atoms with Crippen LogP contribution in [0.5, 0.6) is 0 Å². The van der Waals surface area contributed by atoms with Crippen molar-refractivity contribution in [2.24, 2.45) is 7.05 Å². The summed E-state index contributed by atoms with van der Waals surface area (Å²) in [7, 11) is 1.76. The van der Waals surface area contributed by atoms with Gasteiger partial charge in [0.2, 0.25) is 0 Å². The number of nitrogens with zero attached hydrogens (tertiary/aromatic N) is 3. The zero-order chi connectivity index (χ0) is 24.7. The molecular weight excluding hydrogens is 456 g/mol. The van der Waals surface area contributed by atoms with Crippen molar-refractivity contribution in [3.63, 3.8) is 0 Å². The maximum atomic E-state index is 13.9. The molecule has 1 spiro atoms. The van der Waals surface area contributed by atoms with Gasteiger partial charge < -0.3 is 10.1 Å². The lowest BCUT2D eigenvalue weighted by atomic mass is 9.85. The van der Waals surface area contributed by atoms with Gasteiger partial charge in [-0.3, -0.25) is 18.9 Å². The van der Waals surface area contributed by atoms with Gasteiger partial charge in [-0.05, 0) is 55.3 Å². The molecule has 2 aromatic heterocycles. The van der Waals surface area contributed by atoms with E-state index in [1.165, 1.54) is 0 Å². The Balaban J connectivity index is 1.27. The van der Waals surface area contributed by atoms with E-state index in [1.807, 2.05) is 48.5 Å². The van der Waals surface area contributed by atoms with Crippen LogP contribution in [0, 0.1) is 0 Å². The van der Waals surface area contributed by atoms with Crippen LogP contribution in [-0.4, -0.2) is 39.0 Å². The molecular formula is C28H24N4O4. The molecule has 7 rings (SSSR count). The van der Waals surface area contributed by atoms with E-state index < -0.39 is 17.0 Å². The maximum absolute atomic E-state index is 13.9. The number of hydrogen-bond donors (Lipinski definition) is 1. The standard InChI is InChI=1S/C28H24N4O4/c1-31-20-4-2-3-5-21(20)32(26(31)35)18-8-6-17(7-9-18)27(11-12-27)24(33)23-22-19(10-14-30-23)28(36-25(22)34)13-15-29-16-28/h2-10,14,29H,11-13,15-16H2,1H3. The van der Waals surface area contributed by atoms with Crippen LogP contribution in [0.15, 0.2) is 65.6 Å². The number of carbonyl (C=O) groups excluding carboxylic acids is 2. The topological polar surface area (TPSA) is 95.2 Å². The van der Waals surface area contributed by atoms with Crippen molar-refractivity contribution in [1.82, 2.24) is 19.4 Å². The minimum atomic E-state index is -0.714. The van der Waals surface area contributed by atoms with E-state index in [0.29, 0.717) is 31.4 Å². The largest absolute Gasteiger partial charge is 0.449 e. The zero-order valence-electron chi connectivity index (χ0n) is 19.8. The number of ketones is 1. The van der Waals surface area contributed by atoms with E-state index in [-0.39, 0.29) is 17.2 Å². The number of ether oxygens (including phenoxy) is 1. The lowest BCUT2D eigenvalue weighted by Crippen LogP contribution is -2.29. The monoisotopic (exact) mass is 480 g/mol. The summed E-state index contributed by atoms with van der Waals surface area (Å²) in [5.41, 5.74) is 3.03. The molecule has 1 N–H and O–H groups in total. The van der Waals surface area contributed by atoms with E-state index >= 15 is 0 Å². The Hall–Kier alpha value is -4.04. The molecule has 1 saturated heterocycles. The number of nitrogens with one attached hydrogen (secondary N) is 1. The number of para-hydroxylation sites is 2. The predicted molar refractivity (Wildman–Crippen MR) is 133 cm³/mol. The highest BCUT2D eigenvalue weighted by Gasteiger charge is 2.55. The number of aromatic nitrogens is 3. The van der Waals surface area contributed by atoms with Crippen molar-refractivity contribution in [2.45, 2.75) is 30.3 Å². The Bertz CT molecular complexity index is 1640. The number of Topliss-reactive ketones (excluding diaryl/α,β-unsaturated/α-hetero) is 1. The zero-order valence-corrected chi connectivity index (χ0v) is 19.8. The van der Waals surface area contributed by atoms with E-state index in [1.54, 1.807) is 28.4 Å². The third kappa shape index (κ3) is 2.73. The minimum Gasteiger partial charge on any atom is -0.449 e. The highest BCUT2D eigenvalue weighted by molar-refractivity contribution is 6.12.